The van der Waals surface area contributed by atoms with Gasteiger partial charge in [0, 0.05) is 18.0 Å². The fourth-order valence-electron chi connectivity index (χ4n) is 4.50. The molecule has 0 saturated carbocycles. The first kappa shape index (κ1) is 26.0. The first-order valence-electron chi connectivity index (χ1n) is 12.9. The average Bonchev–Trinajstić information content (AvgIpc) is 3.48. The molecule has 2 aliphatic heterocycles. The number of carbonyl (C=O) groups is 1. The number of hydrogen-bond donors (Lipinski definition) is 0. The van der Waals surface area contributed by atoms with E-state index < -0.39 is 0 Å². The molecule has 0 aromatic heterocycles. The molecule has 0 N–H and O–H groups in total. The molecular formula is C33H27N3O2S2. The Morgan fingerprint density at radius 1 is 0.825 bits per heavy atom. The van der Waals surface area contributed by atoms with Crippen LogP contribution in [0, 0.1) is 0 Å². The maximum atomic E-state index is 13.9. The highest BCUT2D eigenvalue weighted by atomic mass is 32.2. The summed E-state index contributed by atoms with van der Waals surface area (Å²) in [4.78, 5) is 24.5. The van der Waals surface area contributed by atoms with Gasteiger partial charge in [-0.2, -0.15) is 0 Å². The summed E-state index contributed by atoms with van der Waals surface area (Å²) < 4.78 is 5.43. The topological polar surface area (TPSA) is 45.1 Å². The number of fused-ring (bicyclic) bond motifs is 1. The molecule has 1 amide bonds. The highest BCUT2D eigenvalue weighted by Crippen LogP contribution is 2.51. The molecule has 2 heterocycles. The summed E-state index contributed by atoms with van der Waals surface area (Å²) in [6.45, 7) is 0.454. The fraction of sp³-hybridized carbons (Fsp3) is 0.0909. The van der Waals surface area contributed by atoms with Gasteiger partial charge in [-0.25, -0.2) is 4.99 Å². The summed E-state index contributed by atoms with van der Waals surface area (Å²) >= 11 is 3.04. The third-order valence-corrected chi connectivity index (χ3v) is 9.10. The molecule has 7 heteroatoms. The van der Waals surface area contributed by atoms with E-state index in [4.69, 9.17) is 9.73 Å². The average molecular weight is 562 g/mol. The van der Waals surface area contributed by atoms with Gasteiger partial charge in [-0.05, 0) is 52.7 Å². The van der Waals surface area contributed by atoms with Gasteiger partial charge in [-0.1, -0.05) is 96.7 Å². The van der Waals surface area contributed by atoms with Crippen molar-refractivity contribution in [3.63, 3.8) is 0 Å². The molecule has 0 atom stereocenters. The SMILES string of the molecule is COc1ccc2c(c1)N(C)/C(=C1/SC(=Nc3ccc(/C=C/c4ccccc4)cc3)N(Cc3ccccc3)C1=O)S2. The molecule has 0 aliphatic carbocycles. The number of thioether (sulfide) groups is 2. The smallest absolute Gasteiger partial charge is 0.269 e. The molecule has 0 radical (unpaired) electrons. The van der Waals surface area contributed by atoms with Crippen molar-refractivity contribution in [2.24, 2.45) is 4.99 Å². The van der Waals surface area contributed by atoms with E-state index in [-0.39, 0.29) is 5.91 Å². The Morgan fingerprint density at radius 2 is 1.50 bits per heavy atom. The largest absolute Gasteiger partial charge is 0.497 e. The number of hydrogen-bond acceptors (Lipinski definition) is 6. The van der Waals surface area contributed by atoms with Crippen LogP contribution in [0.4, 0.5) is 11.4 Å². The zero-order valence-electron chi connectivity index (χ0n) is 22.2. The Hall–Kier alpha value is -4.20. The predicted molar refractivity (Wildman–Crippen MR) is 168 cm³/mol. The van der Waals surface area contributed by atoms with Gasteiger partial charge in [0.15, 0.2) is 5.17 Å². The van der Waals surface area contributed by atoms with Crippen LogP contribution >= 0.6 is 23.5 Å². The molecule has 40 heavy (non-hydrogen) atoms. The Balaban J connectivity index is 1.31. The van der Waals surface area contributed by atoms with E-state index in [9.17, 15) is 4.79 Å². The molecule has 5 nitrogen and oxygen atoms in total. The van der Waals surface area contributed by atoms with Crippen molar-refractivity contribution in [3.8, 4) is 5.75 Å². The van der Waals surface area contributed by atoms with Crippen LogP contribution in [0.3, 0.4) is 0 Å². The van der Waals surface area contributed by atoms with Gasteiger partial charge >= 0.3 is 0 Å². The summed E-state index contributed by atoms with van der Waals surface area (Å²) in [6, 6.07) is 34.3. The highest BCUT2D eigenvalue weighted by molar-refractivity contribution is 8.19. The van der Waals surface area contributed by atoms with Crippen LogP contribution in [0.25, 0.3) is 12.2 Å². The lowest BCUT2D eigenvalue weighted by Gasteiger charge is -2.17. The maximum Gasteiger partial charge on any atom is 0.269 e. The van der Waals surface area contributed by atoms with Crippen molar-refractivity contribution in [1.82, 2.24) is 4.90 Å². The fourth-order valence-corrected chi connectivity index (χ4v) is 6.83. The Labute approximate surface area is 242 Å². The lowest BCUT2D eigenvalue weighted by Crippen LogP contribution is -2.29. The summed E-state index contributed by atoms with van der Waals surface area (Å²) in [5.74, 6) is 0.752. The molecule has 6 rings (SSSR count). The Morgan fingerprint density at radius 3 is 2.20 bits per heavy atom. The van der Waals surface area contributed by atoms with Gasteiger partial charge in [0.25, 0.3) is 5.91 Å². The first-order valence-corrected chi connectivity index (χ1v) is 14.5. The summed E-state index contributed by atoms with van der Waals surface area (Å²) in [6.07, 6.45) is 4.18. The third-order valence-electron chi connectivity index (χ3n) is 6.67. The summed E-state index contributed by atoms with van der Waals surface area (Å²) in [7, 11) is 3.66. The number of ether oxygens (including phenoxy) is 1. The Bertz CT molecular complexity index is 1630. The van der Waals surface area contributed by atoms with Crippen molar-refractivity contribution < 1.29 is 9.53 Å². The van der Waals surface area contributed by atoms with Crippen LogP contribution in [0.2, 0.25) is 0 Å². The van der Waals surface area contributed by atoms with Crippen LogP contribution in [0.1, 0.15) is 16.7 Å². The first-order chi connectivity index (χ1) is 19.6. The number of methoxy groups -OCH3 is 1. The van der Waals surface area contributed by atoms with Gasteiger partial charge in [0.05, 0.1) is 30.1 Å². The molecule has 0 spiro atoms. The van der Waals surface area contributed by atoms with Crippen molar-refractivity contribution in [2.45, 2.75) is 11.4 Å². The third kappa shape index (κ3) is 5.43. The molecule has 2 aliphatic rings. The highest BCUT2D eigenvalue weighted by Gasteiger charge is 2.39. The number of nitrogens with zero attached hydrogens (tertiary/aromatic N) is 3. The lowest BCUT2D eigenvalue weighted by molar-refractivity contribution is -0.122. The summed E-state index contributed by atoms with van der Waals surface area (Å²) in [5.41, 5.74) is 5.12. The second-order valence-electron chi connectivity index (χ2n) is 9.34. The quantitative estimate of drug-likeness (QED) is 0.176. The Kier molecular flexibility index (Phi) is 7.49. The molecule has 0 bridgehead atoms. The monoisotopic (exact) mass is 561 g/mol. The summed E-state index contributed by atoms with van der Waals surface area (Å²) in [5, 5.41) is 1.58. The number of carbonyl (C=O) groups excluding carboxylic acids is 1. The molecular weight excluding hydrogens is 535 g/mol. The van der Waals surface area contributed by atoms with Crippen LogP contribution in [0.15, 0.2) is 123 Å². The van der Waals surface area contributed by atoms with Crippen LogP contribution in [-0.4, -0.2) is 30.1 Å². The van der Waals surface area contributed by atoms with E-state index >= 15 is 0 Å². The lowest BCUT2D eigenvalue weighted by atomic mass is 10.1. The van der Waals surface area contributed by atoms with Gasteiger partial charge in [-0.3, -0.25) is 9.69 Å². The maximum absolute atomic E-state index is 13.9. The van der Waals surface area contributed by atoms with Crippen molar-refractivity contribution in [3.05, 3.63) is 130 Å². The number of amides is 1. The van der Waals surface area contributed by atoms with Crippen LogP contribution in [0.5, 0.6) is 5.75 Å². The zero-order chi connectivity index (χ0) is 27.5. The van der Waals surface area contributed by atoms with Crippen molar-refractivity contribution >= 4 is 58.1 Å². The van der Waals surface area contributed by atoms with E-state index in [0.29, 0.717) is 16.6 Å². The van der Waals surface area contributed by atoms with Gasteiger partial charge in [0.2, 0.25) is 0 Å². The second kappa shape index (κ2) is 11.5. The number of amidine groups is 1. The van der Waals surface area contributed by atoms with Crippen LogP contribution < -0.4 is 9.64 Å². The second-order valence-corrected chi connectivity index (χ2v) is 11.3. The van der Waals surface area contributed by atoms with Crippen LogP contribution in [-0.2, 0) is 11.3 Å². The van der Waals surface area contributed by atoms with E-state index in [0.717, 1.165) is 43.7 Å². The van der Waals surface area contributed by atoms with Crippen molar-refractivity contribution in [2.75, 3.05) is 19.1 Å². The predicted octanol–water partition coefficient (Wildman–Crippen LogP) is 8.04. The minimum atomic E-state index is -0.0378. The molecule has 198 valence electrons. The standard InChI is InChI=1S/C33H27N3O2S2/c1-35-28-21-27(38-2)19-20-29(28)39-32(35)30-31(37)36(22-25-11-7-4-8-12-25)33(40-30)34-26-17-15-24(16-18-26)14-13-23-9-5-3-6-10-23/h3-21H,22H2,1-2H3/b14-13+,32-30-,34-33?. The number of aliphatic imine (C=N–C) groups is 1. The molecule has 1 saturated heterocycles. The zero-order valence-corrected chi connectivity index (χ0v) is 23.8. The normalized spacial score (nSPS) is 17.8. The van der Waals surface area contributed by atoms with Gasteiger partial charge < -0.3 is 9.64 Å². The van der Waals surface area contributed by atoms with E-state index in [1.807, 2.05) is 98.0 Å². The number of anilines is 1. The van der Waals surface area contributed by atoms with Gasteiger partial charge in [-0.15, -0.1) is 0 Å². The van der Waals surface area contributed by atoms with E-state index in [1.54, 1.807) is 23.8 Å². The molecule has 0 unspecified atom stereocenters. The van der Waals surface area contributed by atoms with E-state index in [1.165, 1.54) is 11.8 Å². The van der Waals surface area contributed by atoms with Crippen molar-refractivity contribution in [1.29, 1.82) is 0 Å². The number of rotatable bonds is 6. The van der Waals surface area contributed by atoms with E-state index in [2.05, 4.69) is 29.2 Å². The minimum Gasteiger partial charge on any atom is -0.497 e. The molecule has 4 aromatic rings. The molecule has 4 aromatic carbocycles. The van der Waals surface area contributed by atoms with Gasteiger partial charge in [0.1, 0.15) is 10.7 Å². The molecule has 1 fully saturated rings. The minimum absolute atomic E-state index is 0.0378. The number of benzene rings is 4.